The maximum absolute atomic E-state index is 12.8. The number of ether oxygens (including phenoxy) is 1. The lowest BCUT2D eigenvalue weighted by atomic mass is 9.84. The molecule has 2 saturated heterocycles. The molecule has 1 aromatic rings. The van der Waals surface area contributed by atoms with Crippen molar-refractivity contribution in [1.29, 1.82) is 0 Å². The van der Waals surface area contributed by atoms with Crippen LogP contribution < -0.4 is 5.32 Å². The molecule has 0 radical (unpaired) electrons. The number of rotatable bonds is 3. The number of halogens is 1. The van der Waals surface area contributed by atoms with Crippen LogP contribution in [-0.4, -0.2) is 25.3 Å². The van der Waals surface area contributed by atoms with Crippen molar-refractivity contribution < 1.29 is 9.13 Å². The zero-order valence-corrected chi connectivity index (χ0v) is 11.3. The first-order valence-electron chi connectivity index (χ1n) is 7.35. The second-order valence-corrected chi connectivity index (χ2v) is 5.98. The van der Waals surface area contributed by atoms with Crippen LogP contribution in [0.3, 0.4) is 0 Å². The SMILES string of the molecule is Fc1ccc(CCC2COC3(CCNCC3)C2)cc1. The Balaban J connectivity index is 1.50. The molecule has 0 aromatic heterocycles. The molecular weight excluding hydrogens is 241 g/mol. The molecule has 2 aliphatic rings. The molecule has 1 spiro atoms. The summed E-state index contributed by atoms with van der Waals surface area (Å²) in [6, 6.07) is 6.89. The van der Waals surface area contributed by atoms with Gasteiger partial charge in [-0.05, 0) is 68.8 Å². The van der Waals surface area contributed by atoms with Crippen molar-refractivity contribution in [3.8, 4) is 0 Å². The van der Waals surface area contributed by atoms with Gasteiger partial charge in [0, 0.05) is 0 Å². The predicted octanol–water partition coefficient (Wildman–Crippen LogP) is 2.92. The third kappa shape index (κ3) is 3.15. The number of aryl methyl sites for hydroxylation is 1. The third-order valence-electron chi connectivity index (χ3n) is 4.56. The molecule has 1 unspecified atom stereocenters. The van der Waals surface area contributed by atoms with E-state index < -0.39 is 0 Å². The molecule has 1 N–H and O–H groups in total. The Kier molecular flexibility index (Phi) is 3.85. The number of piperidine rings is 1. The number of hydrogen-bond acceptors (Lipinski definition) is 2. The van der Waals surface area contributed by atoms with Gasteiger partial charge in [-0.2, -0.15) is 0 Å². The van der Waals surface area contributed by atoms with Crippen molar-refractivity contribution in [3.63, 3.8) is 0 Å². The summed E-state index contributed by atoms with van der Waals surface area (Å²) in [5.74, 6) is 0.518. The molecule has 104 valence electrons. The third-order valence-corrected chi connectivity index (χ3v) is 4.56. The van der Waals surface area contributed by atoms with E-state index in [0.717, 1.165) is 45.4 Å². The summed E-state index contributed by atoms with van der Waals surface area (Å²) in [5, 5.41) is 3.40. The van der Waals surface area contributed by atoms with Gasteiger partial charge >= 0.3 is 0 Å². The number of nitrogens with one attached hydrogen (secondary N) is 1. The van der Waals surface area contributed by atoms with Gasteiger partial charge in [0.05, 0.1) is 12.2 Å². The standard InChI is InChI=1S/C16H22FNO/c17-15-5-3-13(4-6-15)1-2-14-11-16(19-12-14)7-9-18-10-8-16/h3-6,14,18H,1-2,7-12H2. The monoisotopic (exact) mass is 263 g/mol. The van der Waals surface area contributed by atoms with E-state index in [9.17, 15) is 4.39 Å². The summed E-state index contributed by atoms with van der Waals surface area (Å²) in [7, 11) is 0. The van der Waals surface area contributed by atoms with Gasteiger partial charge in [-0.15, -0.1) is 0 Å². The van der Waals surface area contributed by atoms with E-state index in [2.05, 4.69) is 5.32 Å². The highest BCUT2D eigenvalue weighted by molar-refractivity contribution is 5.16. The van der Waals surface area contributed by atoms with E-state index in [1.165, 1.54) is 12.0 Å². The van der Waals surface area contributed by atoms with Crippen molar-refractivity contribution in [3.05, 3.63) is 35.6 Å². The minimum absolute atomic E-state index is 0.151. The van der Waals surface area contributed by atoms with Gasteiger partial charge in [0.25, 0.3) is 0 Å². The van der Waals surface area contributed by atoms with Crippen molar-refractivity contribution in [1.82, 2.24) is 5.32 Å². The van der Waals surface area contributed by atoms with Gasteiger partial charge in [0.15, 0.2) is 0 Å². The summed E-state index contributed by atoms with van der Waals surface area (Å²) in [6.07, 6.45) is 5.69. The summed E-state index contributed by atoms with van der Waals surface area (Å²) in [4.78, 5) is 0. The molecule has 2 fully saturated rings. The zero-order chi connectivity index (χ0) is 13.1. The molecule has 2 nitrogen and oxygen atoms in total. The van der Waals surface area contributed by atoms with Crippen LogP contribution in [0, 0.1) is 11.7 Å². The van der Waals surface area contributed by atoms with E-state index in [1.54, 1.807) is 12.1 Å². The van der Waals surface area contributed by atoms with Crippen LogP contribution in [0.1, 0.15) is 31.2 Å². The molecule has 2 aliphatic heterocycles. The van der Waals surface area contributed by atoms with Crippen LogP contribution in [0.2, 0.25) is 0 Å². The Morgan fingerprint density at radius 2 is 1.95 bits per heavy atom. The first kappa shape index (κ1) is 13.1. The topological polar surface area (TPSA) is 21.3 Å². The van der Waals surface area contributed by atoms with Crippen LogP contribution in [0.5, 0.6) is 0 Å². The molecule has 1 aromatic carbocycles. The van der Waals surface area contributed by atoms with Gasteiger partial charge < -0.3 is 10.1 Å². The van der Waals surface area contributed by atoms with Crippen molar-refractivity contribution in [2.24, 2.45) is 5.92 Å². The van der Waals surface area contributed by atoms with E-state index in [1.807, 2.05) is 12.1 Å². The van der Waals surface area contributed by atoms with Gasteiger partial charge in [-0.1, -0.05) is 12.1 Å². The maximum atomic E-state index is 12.8. The fraction of sp³-hybridized carbons (Fsp3) is 0.625. The van der Waals surface area contributed by atoms with E-state index in [4.69, 9.17) is 4.74 Å². The largest absolute Gasteiger partial charge is 0.375 e. The molecule has 3 rings (SSSR count). The average molecular weight is 263 g/mol. The Morgan fingerprint density at radius 3 is 2.68 bits per heavy atom. The molecule has 19 heavy (non-hydrogen) atoms. The van der Waals surface area contributed by atoms with Crippen molar-refractivity contribution in [2.45, 2.75) is 37.7 Å². The van der Waals surface area contributed by atoms with Gasteiger partial charge in [-0.3, -0.25) is 0 Å². The quantitative estimate of drug-likeness (QED) is 0.905. The lowest BCUT2D eigenvalue weighted by Gasteiger charge is -2.33. The fourth-order valence-electron chi connectivity index (χ4n) is 3.38. The van der Waals surface area contributed by atoms with Gasteiger partial charge in [0.2, 0.25) is 0 Å². The van der Waals surface area contributed by atoms with Crippen LogP contribution in [0.4, 0.5) is 4.39 Å². The Hall–Kier alpha value is -0.930. The van der Waals surface area contributed by atoms with E-state index in [-0.39, 0.29) is 11.4 Å². The van der Waals surface area contributed by atoms with E-state index in [0.29, 0.717) is 5.92 Å². The van der Waals surface area contributed by atoms with Gasteiger partial charge in [0.1, 0.15) is 5.82 Å². The molecule has 1 atom stereocenters. The molecule has 3 heteroatoms. The van der Waals surface area contributed by atoms with Crippen LogP contribution >= 0.6 is 0 Å². The highest BCUT2D eigenvalue weighted by Gasteiger charge is 2.40. The fourth-order valence-corrected chi connectivity index (χ4v) is 3.38. The lowest BCUT2D eigenvalue weighted by Crippen LogP contribution is -2.41. The lowest BCUT2D eigenvalue weighted by molar-refractivity contribution is -0.0197. The molecule has 2 heterocycles. The Morgan fingerprint density at radius 1 is 1.21 bits per heavy atom. The zero-order valence-electron chi connectivity index (χ0n) is 11.3. The number of hydrogen-bond donors (Lipinski definition) is 1. The normalized spacial score (nSPS) is 25.8. The highest BCUT2D eigenvalue weighted by atomic mass is 19.1. The Bertz CT molecular complexity index is 411. The first-order valence-corrected chi connectivity index (χ1v) is 7.35. The molecule has 0 aliphatic carbocycles. The van der Waals surface area contributed by atoms with Crippen molar-refractivity contribution >= 4 is 0 Å². The summed E-state index contributed by atoms with van der Waals surface area (Å²) >= 11 is 0. The molecular formula is C16H22FNO. The Labute approximate surface area is 114 Å². The molecule has 0 saturated carbocycles. The average Bonchev–Trinajstić information content (AvgIpc) is 2.82. The summed E-state index contributed by atoms with van der Waals surface area (Å²) < 4.78 is 18.9. The first-order chi connectivity index (χ1) is 9.26. The van der Waals surface area contributed by atoms with E-state index >= 15 is 0 Å². The summed E-state index contributed by atoms with van der Waals surface area (Å²) in [6.45, 7) is 3.08. The minimum atomic E-state index is -0.151. The second kappa shape index (κ2) is 5.59. The predicted molar refractivity (Wildman–Crippen MR) is 73.6 cm³/mol. The minimum Gasteiger partial charge on any atom is -0.375 e. The number of benzene rings is 1. The van der Waals surface area contributed by atoms with Gasteiger partial charge in [-0.25, -0.2) is 4.39 Å². The van der Waals surface area contributed by atoms with Crippen LogP contribution in [0.15, 0.2) is 24.3 Å². The highest BCUT2D eigenvalue weighted by Crippen LogP contribution is 2.38. The maximum Gasteiger partial charge on any atom is 0.123 e. The van der Waals surface area contributed by atoms with Crippen molar-refractivity contribution in [2.75, 3.05) is 19.7 Å². The summed E-state index contributed by atoms with van der Waals surface area (Å²) in [5.41, 5.74) is 1.39. The molecule has 0 amide bonds. The smallest absolute Gasteiger partial charge is 0.123 e. The van der Waals surface area contributed by atoms with Crippen LogP contribution in [0.25, 0.3) is 0 Å². The second-order valence-electron chi connectivity index (χ2n) is 5.98. The molecule has 0 bridgehead atoms. The van der Waals surface area contributed by atoms with Crippen LogP contribution in [-0.2, 0) is 11.2 Å².